The van der Waals surface area contributed by atoms with Gasteiger partial charge in [0.05, 0.1) is 24.3 Å². The maximum absolute atomic E-state index is 12.9. The average Bonchev–Trinajstić information content (AvgIpc) is 3.46. The number of aromatic nitrogens is 2. The molecule has 168 valence electrons. The van der Waals surface area contributed by atoms with Crippen molar-refractivity contribution in [3.05, 3.63) is 70.9 Å². The molecule has 3 heterocycles. The Morgan fingerprint density at radius 1 is 1.25 bits per heavy atom. The van der Waals surface area contributed by atoms with E-state index in [1.807, 2.05) is 31.2 Å². The number of hydrogen-bond acceptors (Lipinski definition) is 6. The van der Waals surface area contributed by atoms with Crippen molar-refractivity contribution in [2.24, 2.45) is 0 Å². The van der Waals surface area contributed by atoms with Gasteiger partial charge in [-0.15, -0.1) is 0 Å². The number of alkyl halides is 3. The van der Waals surface area contributed by atoms with E-state index >= 15 is 0 Å². The molecule has 1 saturated heterocycles. The Hall–Kier alpha value is -3.14. The van der Waals surface area contributed by atoms with E-state index in [2.05, 4.69) is 14.7 Å². The molecule has 0 radical (unpaired) electrons. The molecule has 0 bridgehead atoms. The summed E-state index contributed by atoms with van der Waals surface area (Å²) >= 11 is 1.22. The number of carbonyl (C=O) groups is 1. The Balaban J connectivity index is 1.33. The van der Waals surface area contributed by atoms with Gasteiger partial charge in [0.2, 0.25) is 0 Å². The highest BCUT2D eigenvalue weighted by Gasteiger charge is 2.33. The van der Waals surface area contributed by atoms with Crippen molar-refractivity contribution in [2.45, 2.75) is 31.7 Å². The minimum Gasteiger partial charge on any atom is -0.489 e. The van der Waals surface area contributed by atoms with E-state index in [9.17, 15) is 18.0 Å². The molecule has 0 saturated carbocycles. The van der Waals surface area contributed by atoms with E-state index in [0.29, 0.717) is 36.6 Å². The van der Waals surface area contributed by atoms with E-state index in [1.54, 1.807) is 16.3 Å². The molecule has 6 nitrogen and oxygen atoms in total. The molecule has 1 fully saturated rings. The minimum atomic E-state index is -4.47. The fourth-order valence-electron chi connectivity index (χ4n) is 3.50. The monoisotopic (exact) mass is 462 g/mol. The average molecular weight is 462 g/mol. The molecule has 1 amide bonds. The molecule has 1 N–H and O–H groups in total. The van der Waals surface area contributed by atoms with Gasteiger partial charge >= 0.3 is 6.18 Å². The molecule has 32 heavy (non-hydrogen) atoms. The quantitative estimate of drug-likeness (QED) is 0.575. The largest absolute Gasteiger partial charge is 0.489 e. The highest BCUT2D eigenvalue weighted by molar-refractivity contribution is 7.03. The summed E-state index contributed by atoms with van der Waals surface area (Å²) in [5.74, 6) is 0.783. The second-order valence-electron chi connectivity index (χ2n) is 7.53. The highest BCUT2D eigenvalue weighted by Crippen LogP contribution is 2.30. The Labute approximate surface area is 187 Å². The molecule has 0 spiro atoms. The van der Waals surface area contributed by atoms with E-state index in [4.69, 9.17) is 4.74 Å². The normalized spacial score (nSPS) is 17.2. The number of halogens is 3. The lowest BCUT2D eigenvalue weighted by Crippen LogP contribution is -2.26. The molecule has 4 rings (SSSR count). The molecule has 1 aliphatic rings. The van der Waals surface area contributed by atoms with Gasteiger partial charge in [0, 0.05) is 18.3 Å². The molecule has 10 heteroatoms. The Morgan fingerprint density at radius 2 is 2.03 bits per heavy atom. The van der Waals surface area contributed by atoms with Crippen molar-refractivity contribution in [3.8, 4) is 5.75 Å². The van der Waals surface area contributed by atoms with Gasteiger partial charge in [0.1, 0.15) is 23.4 Å². The van der Waals surface area contributed by atoms with Crippen molar-refractivity contribution in [3.63, 3.8) is 0 Å². The van der Waals surface area contributed by atoms with Crippen LogP contribution in [0.15, 0.2) is 54.0 Å². The molecule has 2 aromatic heterocycles. The molecule has 0 aliphatic carbocycles. The van der Waals surface area contributed by atoms with Crippen LogP contribution in [-0.4, -0.2) is 34.5 Å². The highest BCUT2D eigenvalue weighted by atomic mass is 32.1. The van der Waals surface area contributed by atoms with Crippen LogP contribution < -0.4 is 15.0 Å². The Morgan fingerprint density at radius 3 is 2.72 bits per heavy atom. The standard InChI is InChI=1S/C22H21F3N4O2S/c1-14(27-21(30)16-11-26-32-13-16)15-5-7-17(8-6-15)31-18-9-10-29(12-18)20-4-2-3-19(28-20)22(23,24)25/h2-8,11,13-14,18H,9-10,12H2,1H3,(H,27,30)/t14-,18+/m0/s1. The van der Waals surface area contributed by atoms with Crippen molar-refractivity contribution in [2.75, 3.05) is 18.0 Å². The Bertz CT molecular complexity index is 1060. The molecule has 3 aromatic rings. The topological polar surface area (TPSA) is 67.3 Å². The van der Waals surface area contributed by atoms with Crippen LogP contribution in [0.1, 0.15) is 41.0 Å². The minimum absolute atomic E-state index is 0.152. The van der Waals surface area contributed by atoms with Crippen LogP contribution in [0, 0.1) is 0 Å². The summed E-state index contributed by atoms with van der Waals surface area (Å²) in [6.45, 7) is 2.92. The first kappa shape index (κ1) is 22.1. The van der Waals surface area contributed by atoms with Gasteiger partial charge in [-0.25, -0.2) is 9.36 Å². The van der Waals surface area contributed by atoms with Crippen LogP contribution in [0.5, 0.6) is 5.75 Å². The van der Waals surface area contributed by atoms with Crippen LogP contribution >= 0.6 is 11.5 Å². The van der Waals surface area contributed by atoms with Gasteiger partial charge in [0.15, 0.2) is 0 Å². The van der Waals surface area contributed by atoms with Crippen LogP contribution in [0.4, 0.5) is 19.0 Å². The summed E-state index contributed by atoms with van der Waals surface area (Å²) in [5.41, 5.74) is 0.560. The second kappa shape index (κ2) is 9.15. The predicted octanol–water partition coefficient (Wildman–Crippen LogP) is 4.71. The SMILES string of the molecule is C[C@H](NC(=O)c1cnsc1)c1ccc(O[C@@H]2CCN(c3cccc(C(F)(F)F)n3)C2)cc1. The number of amides is 1. The third kappa shape index (κ3) is 5.18. The van der Waals surface area contributed by atoms with Gasteiger partial charge in [-0.3, -0.25) is 4.79 Å². The number of pyridine rings is 1. The van der Waals surface area contributed by atoms with Crippen molar-refractivity contribution in [1.29, 1.82) is 0 Å². The number of anilines is 1. The zero-order chi connectivity index (χ0) is 22.7. The van der Waals surface area contributed by atoms with Crippen molar-refractivity contribution >= 4 is 23.3 Å². The number of hydrogen-bond donors (Lipinski definition) is 1. The maximum Gasteiger partial charge on any atom is 0.433 e. The number of rotatable bonds is 6. The summed E-state index contributed by atoms with van der Waals surface area (Å²) in [6, 6.07) is 11.1. The summed E-state index contributed by atoms with van der Waals surface area (Å²) in [5, 5.41) is 4.62. The molecule has 2 atom stereocenters. The molecule has 1 aliphatic heterocycles. The first-order valence-electron chi connectivity index (χ1n) is 10.1. The zero-order valence-corrected chi connectivity index (χ0v) is 18.0. The molecular weight excluding hydrogens is 441 g/mol. The lowest BCUT2D eigenvalue weighted by atomic mass is 10.1. The van der Waals surface area contributed by atoms with E-state index < -0.39 is 11.9 Å². The van der Waals surface area contributed by atoms with Crippen LogP contribution in [-0.2, 0) is 6.18 Å². The smallest absolute Gasteiger partial charge is 0.433 e. The van der Waals surface area contributed by atoms with Gasteiger partial charge in [-0.2, -0.15) is 13.2 Å². The van der Waals surface area contributed by atoms with Crippen molar-refractivity contribution < 1.29 is 22.7 Å². The number of benzene rings is 1. The molecule has 1 aromatic carbocycles. The van der Waals surface area contributed by atoms with Crippen molar-refractivity contribution in [1.82, 2.24) is 14.7 Å². The molecular formula is C22H21F3N4O2S. The number of nitrogens with one attached hydrogen (secondary N) is 1. The maximum atomic E-state index is 12.9. The lowest BCUT2D eigenvalue weighted by Gasteiger charge is -2.19. The van der Waals surface area contributed by atoms with E-state index in [1.165, 1.54) is 23.8 Å². The van der Waals surface area contributed by atoms with Gasteiger partial charge in [-0.05, 0) is 48.3 Å². The predicted molar refractivity (Wildman–Crippen MR) is 115 cm³/mol. The summed E-state index contributed by atoms with van der Waals surface area (Å²) in [4.78, 5) is 17.7. The summed E-state index contributed by atoms with van der Waals surface area (Å²) < 4.78 is 48.7. The Kier molecular flexibility index (Phi) is 6.31. The fraction of sp³-hybridized carbons (Fsp3) is 0.318. The van der Waals surface area contributed by atoms with Gasteiger partial charge in [-0.1, -0.05) is 18.2 Å². The third-order valence-corrected chi connectivity index (χ3v) is 5.81. The van der Waals surface area contributed by atoms with Crippen LogP contribution in [0.3, 0.4) is 0 Å². The van der Waals surface area contributed by atoms with Gasteiger partial charge < -0.3 is 15.0 Å². The van der Waals surface area contributed by atoms with Crippen LogP contribution in [0.2, 0.25) is 0 Å². The fourth-order valence-corrected chi connectivity index (χ4v) is 4.01. The van der Waals surface area contributed by atoms with Gasteiger partial charge in [0.25, 0.3) is 5.91 Å². The first-order chi connectivity index (χ1) is 15.3. The number of carbonyl (C=O) groups excluding carboxylic acids is 1. The summed E-state index contributed by atoms with van der Waals surface area (Å²) in [7, 11) is 0. The van der Waals surface area contributed by atoms with Crippen LogP contribution in [0.25, 0.3) is 0 Å². The van der Waals surface area contributed by atoms with E-state index in [-0.39, 0.29) is 18.1 Å². The number of nitrogens with zero attached hydrogens (tertiary/aromatic N) is 3. The number of ether oxygens (including phenoxy) is 1. The third-order valence-electron chi connectivity index (χ3n) is 5.22. The lowest BCUT2D eigenvalue weighted by molar-refractivity contribution is -0.141. The zero-order valence-electron chi connectivity index (χ0n) is 17.2. The summed E-state index contributed by atoms with van der Waals surface area (Å²) in [6.07, 6.45) is -2.41. The van der Waals surface area contributed by atoms with E-state index in [0.717, 1.165) is 11.6 Å². The first-order valence-corrected chi connectivity index (χ1v) is 10.9. The molecule has 0 unspecified atom stereocenters. The second-order valence-corrected chi connectivity index (χ2v) is 8.19.